The second-order valence-corrected chi connectivity index (χ2v) is 17.7. The highest BCUT2D eigenvalue weighted by atomic mass is 16.7. The summed E-state index contributed by atoms with van der Waals surface area (Å²) in [5, 5.41) is 10.5. The molecule has 2 fully saturated rings. The summed E-state index contributed by atoms with van der Waals surface area (Å²) in [4.78, 5) is 76.4. The van der Waals surface area contributed by atoms with Gasteiger partial charge in [0.25, 0.3) is 5.91 Å². The minimum Gasteiger partial charge on any atom is -0.381 e. The van der Waals surface area contributed by atoms with Crippen molar-refractivity contribution in [3.05, 3.63) is 35.9 Å². The van der Waals surface area contributed by atoms with E-state index in [1.165, 1.54) is 5.06 Å². The van der Waals surface area contributed by atoms with Crippen LogP contribution in [0.4, 0.5) is 0 Å². The van der Waals surface area contributed by atoms with Crippen LogP contribution in [0, 0.1) is 35.5 Å². The lowest BCUT2D eigenvalue weighted by Crippen LogP contribution is -2.55. The predicted octanol–water partition coefficient (Wildman–Crippen LogP) is 5.35. The summed E-state index contributed by atoms with van der Waals surface area (Å²) in [6, 6.07) is 7.45. The van der Waals surface area contributed by atoms with Crippen LogP contribution in [-0.4, -0.2) is 117 Å². The van der Waals surface area contributed by atoms with Crippen molar-refractivity contribution in [1.82, 2.24) is 25.9 Å². The molecule has 2 heterocycles. The molecule has 1 aromatic rings. The summed E-state index contributed by atoms with van der Waals surface area (Å²) in [6.45, 7) is 17.4. The Morgan fingerprint density at radius 3 is 2.07 bits per heavy atom. The van der Waals surface area contributed by atoms with Crippen LogP contribution in [0.25, 0.3) is 0 Å². The average Bonchev–Trinajstić information content (AvgIpc) is 3.72. The molecule has 2 saturated heterocycles. The fraction of sp³-hybridized carbons (Fsp3) is 0.761. The molecule has 1 unspecified atom stereocenters. The third-order valence-corrected chi connectivity index (χ3v) is 12.8. The quantitative estimate of drug-likeness (QED) is 0.125. The number of rotatable bonds is 24. The predicted molar refractivity (Wildman–Crippen MR) is 230 cm³/mol. The number of carbonyl (C=O) groups is 5. The van der Waals surface area contributed by atoms with Gasteiger partial charge in [0.15, 0.2) is 5.78 Å². The summed E-state index contributed by atoms with van der Waals surface area (Å²) in [6.07, 6.45) is 4.84. The first-order valence-corrected chi connectivity index (χ1v) is 22.2. The van der Waals surface area contributed by atoms with Crippen LogP contribution in [-0.2, 0) is 44.7 Å². The Labute approximate surface area is 354 Å². The van der Waals surface area contributed by atoms with Gasteiger partial charge in [-0.05, 0) is 74.8 Å². The van der Waals surface area contributed by atoms with E-state index in [1.54, 1.807) is 28.2 Å². The molecule has 3 rings (SSSR count). The number of ketones is 1. The minimum atomic E-state index is -0.826. The van der Waals surface area contributed by atoms with Crippen LogP contribution in [0.5, 0.6) is 0 Å². The number of amides is 4. The van der Waals surface area contributed by atoms with Gasteiger partial charge in [0, 0.05) is 39.6 Å². The number of hydroxylamine groups is 2. The van der Waals surface area contributed by atoms with E-state index in [-0.39, 0.29) is 77.6 Å². The van der Waals surface area contributed by atoms with Crippen LogP contribution in [0.1, 0.15) is 112 Å². The number of methoxy groups -OCH3 is 2. The van der Waals surface area contributed by atoms with Gasteiger partial charge in [-0.1, -0.05) is 92.1 Å². The number of hydrogen-bond donors (Lipinski definition) is 3. The summed E-state index contributed by atoms with van der Waals surface area (Å²) < 4.78 is 12.1. The number of nitrogens with zero attached hydrogens (tertiary/aromatic N) is 2. The lowest BCUT2D eigenvalue weighted by atomic mass is 9.79. The number of likely N-dealkylation sites (tertiary alicyclic amines) is 1. The highest BCUT2D eigenvalue weighted by Gasteiger charge is 2.42. The zero-order valence-electron chi connectivity index (χ0n) is 38.0. The number of nitrogens with one attached hydrogen (secondary N) is 3. The molecule has 0 radical (unpaired) electrons. The summed E-state index contributed by atoms with van der Waals surface area (Å²) in [7, 11) is 4.97. The van der Waals surface area contributed by atoms with Crippen LogP contribution in [0.3, 0.4) is 0 Å². The topological polar surface area (TPSA) is 156 Å². The molecular weight excluding hydrogens is 751 g/mol. The molecule has 334 valence electrons. The highest BCUT2D eigenvalue weighted by Crippen LogP contribution is 2.33. The Hall–Kier alpha value is -3.39. The van der Waals surface area contributed by atoms with E-state index < -0.39 is 30.1 Å². The van der Waals surface area contributed by atoms with Gasteiger partial charge >= 0.3 is 0 Å². The van der Waals surface area contributed by atoms with Gasteiger partial charge in [-0.25, -0.2) is 5.06 Å². The molecule has 0 saturated carbocycles. The van der Waals surface area contributed by atoms with Crippen molar-refractivity contribution < 1.29 is 38.3 Å². The molecule has 2 aliphatic heterocycles. The zero-order valence-corrected chi connectivity index (χ0v) is 38.0. The highest BCUT2D eigenvalue weighted by molar-refractivity contribution is 5.92. The molecule has 13 heteroatoms. The number of carbonyl (C=O) groups excluding carboxylic acids is 5. The molecule has 0 bridgehead atoms. The van der Waals surface area contributed by atoms with Gasteiger partial charge in [0.2, 0.25) is 17.7 Å². The monoisotopic (exact) mass is 828 g/mol. The van der Waals surface area contributed by atoms with E-state index in [4.69, 9.17) is 14.3 Å². The molecule has 3 N–H and O–H groups in total. The smallest absolute Gasteiger partial charge is 0.269 e. The molecule has 4 amide bonds. The van der Waals surface area contributed by atoms with Crippen molar-refractivity contribution in [1.29, 1.82) is 0 Å². The maximum Gasteiger partial charge on any atom is 0.269 e. The normalized spacial score (nSPS) is 20.6. The summed E-state index contributed by atoms with van der Waals surface area (Å²) in [5.74, 6) is -1.54. The first-order valence-electron chi connectivity index (χ1n) is 22.2. The molecule has 0 aliphatic carbocycles. The van der Waals surface area contributed by atoms with Crippen LogP contribution < -0.4 is 16.0 Å². The van der Waals surface area contributed by atoms with Crippen molar-refractivity contribution in [3.63, 3.8) is 0 Å². The summed E-state index contributed by atoms with van der Waals surface area (Å²) in [5.41, 5.74) is 0.921. The van der Waals surface area contributed by atoms with Gasteiger partial charge in [-0.2, -0.15) is 0 Å². The molecular formula is C46H77N5O8. The lowest BCUT2D eigenvalue weighted by Gasteiger charge is -2.37. The maximum absolute atomic E-state index is 14.3. The fourth-order valence-corrected chi connectivity index (χ4v) is 8.89. The number of benzene rings is 1. The van der Waals surface area contributed by atoms with Crippen LogP contribution in [0.15, 0.2) is 30.3 Å². The molecule has 0 aromatic heterocycles. The number of Topliss-reactive ketones (excluding diaryl/α,β-unsaturated/α-hetero) is 1. The van der Waals surface area contributed by atoms with Crippen molar-refractivity contribution in [2.45, 2.75) is 150 Å². The number of ether oxygens (including phenoxy) is 2. The Bertz CT molecular complexity index is 1470. The van der Waals surface area contributed by atoms with E-state index >= 15 is 0 Å². The number of likely N-dealkylation sites (N-methyl/N-ethyl adjacent to an activating group) is 1. The molecule has 10 atom stereocenters. The SMILES string of the molecule is CC[C@H](C)[C@H](CCC(C)C(=O)[C@@H](NC(=O)[C@@H](NC)C(C)C)C(C)C)[C@@H](CC(=O)N1CCC[C@H]1[C@H](OC)[C@@H](C)C(=O)N[C@@H](Cc1ccccc1)C(=O)N1CCCCO1)OC. The van der Waals surface area contributed by atoms with E-state index in [0.29, 0.717) is 45.4 Å². The molecule has 0 spiro atoms. The second kappa shape index (κ2) is 24.8. The molecule has 13 nitrogen and oxygen atoms in total. The van der Waals surface area contributed by atoms with Gasteiger partial charge in [-0.3, -0.25) is 28.8 Å². The Kier molecular flexibility index (Phi) is 21.0. The van der Waals surface area contributed by atoms with Crippen molar-refractivity contribution >= 4 is 29.4 Å². The van der Waals surface area contributed by atoms with Gasteiger partial charge in [0.1, 0.15) is 6.04 Å². The van der Waals surface area contributed by atoms with Crippen molar-refractivity contribution in [3.8, 4) is 0 Å². The fourth-order valence-electron chi connectivity index (χ4n) is 8.89. The molecule has 2 aliphatic rings. The van der Waals surface area contributed by atoms with E-state index in [2.05, 4.69) is 29.8 Å². The van der Waals surface area contributed by atoms with E-state index in [1.807, 2.05) is 69.9 Å². The number of hydrogen-bond acceptors (Lipinski definition) is 9. The Balaban J connectivity index is 1.71. The molecule has 59 heavy (non-hydrogen) atoms. The van der Waals surface area contributed by atoms with Gasteiger partial charge in [-0.15, -0.1) is 0 Å². The average molecular weight is 828 g/mol. The second-order valence-electron chi connectivity index (χ2n) is 17.7. The van der Waals surface area contributed by atoms with Crippen molar-refractivity contribution in [2.75, 3.05) is 41.0 Å². The Morgan fingerprint density at radius 2 is 1.51 bits per heavy atom. The third kappa shape index (κ3) is 14.1. The standard InChI is InChI=1S/C46H77N5O8/c1-12-31(6)35(23-22-32(7)42(53)40(29(2)3)49-45(55)41(47-9)30(4)5)38(57-10)28-39(52)50-24-18-21-37(50)43(58-11)33(8)44(54)48-36(27-34-19-14-13-15-20-34)46(56)51-25-16-17-26-59-51/h13-15,19-20,29-33,35-38,40-41,43,47H,12,16-18,21-28H2,1-11H3,(H,48,54)(H,49,55)/t31-,32?,33+,35-,36-,37-,38+,40-,41-,43+/m0/s1. The third-order valence-electron chi connectivity index (χ3n) is 12.8. The van der Waals surface area contributed by atoms with Crippen LogP contribution in [0.2, 0.25) is 0 Å². The largest absolute Gasteiger partial charge is 0.381 e. The minimum absolute atomic E-state index is 0.0119. The molecule has 1 aromatic carbocycles. The van der Waals surface area contributed by atoms with E-state index in [9.17, 15) is 24.0 Å². The van der Waals surface area contributed by atoms with Gasteiger partial charge < -0.3 is 30.3 Å². The first-order chi connectivity index (χ1) is 28.1. The maximum atomic E-state index is 14.3. The van der Waals surface area contributed by atoms with Crippen molar-refractivity contribution in [2.24, 2.45) is 35.5 Å². The van der Waals surface area contributed by atoms with Crippen LogP contribution >= 0.6 is 0 Å². The zero-order chi connectivity index (χ0) is 43.8. The lowest BCUT2D eigenvalue weighted by molar-refractivity contribution is -0.199. The summed E-state index contributed by atoms with van der Waals surface area (Å²) >= 11 is 0. The Morgan fingerprint density at radius 1 is 0.831 bits per heavy atom. The van der Waals surface area contributed by atoms with Gasteiger partial charge in [0.05, 0.1) is 49.3 Å². The first kappa shape index (κ1) is 50.0. The van der Waals surface area contributed by atoms with E-state index in [0.717, 1.165) is 31.2 Å².